The molecule has 0 unspecified atom stereocenters. The molecule has 0 aliphatic heterocycles. The number of aromatic hydroxyl groups is 1. The maximum absolute atomic E-state index is 12.6. The Kier molecular flexibility index (Phi) is 5.22. The fraction of sp³-hybridized carbons (Fsp3) is 0.400. The Hall–Kier alpha value is -2.95. The largest absolute Gasteiger partial charge is 0.493 e. The first-order valence-electron chi connectivity index (χ1n) is 10.7. The number of rotatable bonds is 5. The molecule has 1 aliphatic rings. The first kappa shape index (κ1) is 20.3. The van der Waals surface area contributed by atoms with Gasteiger partial charge in [0.05, 0.1) is 5.52 Å². The van der Waals surface area contributed by atoms with Crippen molar-refractivity contribution in [2.45, 2.75) is 58.4 Å². The number of aromatic nitrogens is 1. The molecule has 0 bridgehead atoms. The van der Waals surface area contributed by atoms with Crippen molar-refractivity contribution < 1.29 is 9.90 Å². The molecule has 2 atom stereocenters. The van der Waals surface area contributed by atoms with Crippen molar-refractivity contribution in [3.8, 4) is 5.88 Å². The molecular formula is C25H29N3O2. The summed E-state index contributed by atoms with van der Waals surface area (Å²) >= 11 is 0. The number of fused-ring (bicyclic) bond motifs is 1. The van der Waals surface area contributed by atoms with Crippen LogP contribution in [-0.4, -0.2) is 15.6 Å². The predicted molar refractivity (Wildman–Crippen MR) is 119 cm³/mol. The minimum absolute atomic E-state index is 0.0692. The molecule has 2 aromatic carbocycles. The van der Waals surface area contributed by atoms with Gasteiger partial charge in [0.2, 0.25) is 5.88 Å². The van der Waals surface area contributed by atoms with Crippen LogP contribution in [0.2, 0.25) is 0 Å². The highest BCUT2D eigenvalue weighted by Crippen LogP contribution is 2.49. The minimum Gasteiger partial charge on any atom is -0.493 e. The number of hydrogen-bond acceptors (Lipinski definition) is 3. The van der Waals surface area contributed by atoms with E-state index in [1.165, 1.54) is 11.1 Å². The summed E-state index contributed by atoms with van der Waals surface area (Å²) in [5.41, 5.74) is 3.86. The summed E-state index contributed by atoms with van der Waals surface area (Å²) in [6.07, 6.45) is 1.69. The van der Waals surface area contributed by atoms with Gasteiger partial charge in [0.1, 0.15) is 0 Å². The number of nitrogens with zero attached hydrogens (tertiary/aromatic N) is 3. The monoisotopic (exact) mass is 403 g/mol. The van der Waals surface area contributed by atoms with E-state index in [4.69, 9.17) is 0 Å². The van der Waals surface area contributed by atoms with Gasteiger partial charge in [-0.3, -0.25) is 4.79 Å². The molecule has 1 saturated carbocycles. The number of carbonyl (C=O) groups is 1. The molecule has 1 aliphatic carbocycles. The van der Waals surface area contributed by atoms with Crippen LogP contribution in [0, 0.1) is 5.92 Å². The summed E-state index contributed by atoms with van der Waals surface area (Å²) < 4.78 is 1.82. The quantitative estimate of drug-likeness (QED) is 0.496. The molecular weight excluding hydrogens is 374 g/mol. The molecule has 0 radical (unpaired) electrons. The average molecular weight is 404 g/mol. The van der Waals surface area contributed by atoms with E-state index in [1.807, 2.05) is 28.8 Å². The van der Waals surface area contributed by atoms with Crippen molar-refractivity contribution in [2.24, 2.45) is 16.1 Å². The van der Waals surface area contributed by atoms with Gasteiger partial charge in [0.15, 0.2) is 5.69 Å². The highest BCUT2D eigenvalue weighted by molar-refractivity contribution is 5.95. The molecule has 4 rings (SSSR count). The highest BCUT2D eigenvalue weighted by atomic mass is 16.3. The van der Waals surface area contributed by atoms with E-state index in [2.05, 4.69) is 62.2 Å². The van der Waals surface area contributed by atoms with Crippen LogP contribution in [0.4, 0.5) is 5.69 Å². The third kappa shape index (κ3) is 3.76. The van der Waals surface area contributed by atoms with Crippen LogP contribution in [0.15, 0.2) is 58.8 Å². The van der Waals surface area contributed by atoms with Crippen LogP contribution in [0.1, 0.15) is 57.6 Å². The Morgan fingerprint density at radius 2 is 1.83 bits per heavy atom. The zero-order valence-electron chi connectivity index (χ0n) is 18.1. The van der Waals surface area contributed by atoms with Gasteiger partial charge in [-0.15, -0.1) is 10.2 Å². The molecule has 156 valence electrons. The molecule has 1 amide bonds. The number of amides is 1. The second-order valence-electron chi connectivity index (χ2n) is 9.20. The van der Waals surface area contributed by atoms with E-state index in [0.29, 0.717) is 12.2 Å². The Morgan fingerprint density at radius 1 is 1.13 bits per heavy atom. The Labute approximate surface area is 177 Å². The van der Waals surface area contributed by atoms with Gasteiger partial charge in [0, 0.05) is 17.8 Å². The van der Waals surface area contributed by atoms with Crippen molar-refractivity contribution in [1.82, 2.24) is 4.57 Å². The van der Waals surface area contributed by atoms with Gasteiger partial charge in [0.25, 0.3) is 5.91 Å². The molecule has 3 aromatic rings. The molecule has 0 saturated heterocycles. The highest BCUT2D eigenvalue weighted by Gasteiger charge is 2.44. The van der Waals surface area contributed by atoms with Crippen LogP contribution in [0.3, 0.4) is 0 Å². The van der Waals surface area contributed by atoms with Gasteiger partial charge in [-0.1, -0.05) is 70.2 Å². The van der Waals surface area contributed by atoms with Crippen molar-refractivity contribution in [1.29, 1.82) is 0 Å². The molecule has 0 spiro atoms. The van der Waals surface area contributed by atoms with Gasteiger partial charge in [-0.2, -0.15) is 0 Å². The van der Waals surface area contributed by atoms with Gasteiger partial charge < -0.3 is 9.67 Å². The van der Waals surface area contributed by atoms with Crippen molar-refractivity contribution in [3.05, 3.63) is 59.7 Å². The number of aryl methyl sites for hydroxylation is 1. The maximum Gasteiger partial charge on any atom is 0.268 e. The van der Waals surface area contributed by atoms with Crippen LogP contribution in [0.5, 0.6) is 5.88 Å². The van der Waals surface area contributed by atoms with E-state index in [-0.39, 0.29) is 29.0 Å². The summed E-state index contributed by atoms with van der Waals surface area (Å²) in [7, 11) is 0. The lowest BCUT2D eigenvalue weighted by atomic mass is 9.86. The fourth-order valence-electron chi connectivity index (χ4n) is 4.06. The Bertz CT molecular complexity index is 1100. The molecule has 1 aromatic heterocycles. The zero-order chi connectivity index (χ0) is 21.5. The zero-order valence-corrected chi connectivity index (χ0v) is 18.1. The van der Waals surface area contributed by atoms with E-state index in [1.54, 1.807) is 0 Å². The van der Waals surface area contributed by atoms with E-state index >= 15 is 0 Å². The topological polar surface area (TPSA) is 66.9 Å². The normalized spacial score (nSPS) is 18.9. The average Bonchev–Trinajstić information content (AvgIpc) is 3.48. The lowest BCUT2D eigenvalue weighted by Gasteiger charge is -2.19. The van der Waals surface area contributed by atoms with Crippen LogP contribution >= 0.6 is 0 Å². The van der Waals surface area contributed by atoms with Gasteiger partial charge in [-0.05, 0) is 41.4 Å². The van der Waals surface area contributed by atoms with E-state index in [0.717, 1.165) is 23.7 Å². The molecule has 1 heterocycles. The lowest BCUT2D eigenvalue weighted by molar-refractivity contribution is -0.119. The maximum atomic E-state index is 12.6. The lowest BCUT2D eigenvalue weighted by Crippen LogP contribution is -2.10. The molecule has 5 heteroatoms. The summed E-state index contributed by atoms with van der Waals surface area (Å²) in [5.74, 6) is -0.0628. The van der Waals surface area contributed by atoms with Gasteiger partial charge in [-0.25, -0.2) is 0 Å². The third-order valence-electron chi connectivity index (χ3n) is 5.93. The SMILES string of the molecule is CCCn1c(O)c(N=NC(=O)[C@H]2C[C@H]2c2ccc(C(C)(C)C)cc2)c2ccccc21. The van der Waals surface area contributed by atoms with Crippen LogP contribution in [-0.2, 0) is 16.8 Å². The number of carbonyl (C=O) groups excluding carboxylic acids is 1. The predicted octanol–water partition coefficient (Wildman–Crippen LogP) is 6.47. The summed E-state index contributed by atoms with van der Waals surface area (Å²) in [6, 6.07) is 16.2. The summed E-state index contributed by atoms with van der Waals surface area (Å²) in [6.45, 7) is 9.32. The van der Waals surface area contributed by atoms with Gasteiger partial charge >= 0.3 is 0 Å². The van der Waals surface area contributed by atoms with E-state index < -0.39 is 0 Å². The third-order valence-corrected chi connectivity index (χ3v) is 5.93. The minimum atomic E-state index is -0.216. The standard InChI is InChI=1S/C25H29N3O2/c1-5-14-28-21-9-7-6-8-18(21)22(24(28)30)26-27-23(29)20-15-19(20)16-10-12-17(13-11-16)25(2,3)4/h6-13,19-20,30H,5,14-15H2,1-4H3/t19-,20-/m0/s1. The number of para-hydroxylation sites is 1. The van der Waals surface area contributed by atoms with Crippen LogP contribution < -0.4 is 0 Å². The van der Waals surface area contributed by atoms with Crippen molar-refractivity contribution in [2.75, 3.05) is 0 Å². The summed E-state index contributed by atoms with van der Waals surface area (Å²) in [4.78, 5) is 12.6. The number of benzene rings is 2. The molecule has 1 N–H and O–H groups in total. The van der Waals surface area contributed by atoms with E-state index in [9.17, 15) is 9.90 Å². The Balaban J connectivity index is 1.51. The second kappa shape index (κ2) is 7.71. The number of azo groups is 1. The van der Waals surface area contributed by atoms with Crippen molar-refractivity contribution >= 4 is 22.5 Å². The number of hydrogen-bond donors (Lipinski definition) is 1. The molecule has 1 fully saturated rings. The molecule has 5 nitrogen and oxygen atoms in total. The summed E-state index contributed by atoms with van der Waals surface area (Å²) in [5, 5.41) is 19.6. The second-order valence-corrected chi connectivity index (χ2v) is 9.20. The fourth-order valence-corrected chi connectivity index (χ4v) is 4.06. The van der Waals surface area contributed by atoms with Crippen molar-refractivity contribution in [3.63, 3.8) is 0 Å². The first-order valence-corrected chi connectivity index (χ1v) is 10.7. The smallest absolute Gasteiger partial charge is 0.268 e. The Morgan fingerprint density at radius 3 is 2.50 bits per heavy atom. The first-order chi connectivity index (χ1) is 14.3. The molecule has 30 heavy (non-hydrogen) atoms. The van der Waals surface area contributed by atoms with Crippen LogP contribution in [0.25, 0.3) is 10.9 Å².